The number of carbonyl (C=O) groups is 3. The summed E-state index contributed by atoms with van der Waals surface area (Å²) in [6, 6.07) is 4.66. The number of rotatable bonds is 5. The fraction of sp³-hybridized carbons (Fsp3) is 0.520. The van der Waals surface area contributed by atoms with Crippen molar-refractivity contribution in [3.05, 3.63) is 47.5 Å². The molecule has 3 heterocycles. The highest BCUT2D eigenvalue weighted by molar-refractivity contribution is 6.22. The van der Waals surface area contributed by atoms with E-state index in [1.165, 1.54) is 0 Å². The lowest BCUT2D eigenvalue weighted by Crippen LogP contribution is -2.46. The zero-order chi connectivity index (χ0) is 24.0. The fourth-order valence-electron chi connectivity index (χ4n) is 5.97. The second kappa shape index (κ2) is 9.15. The van der Waals surface area contributed by atoms with Crippen molar-refractivity contribution in [2.24, 2.45) is 11.7 Å². The van der Waals surface area contributed by atoms with Gasteiger partial charge in [-0.15, -0.1) is 11.6 Å². The number of hydrogen-bond acceptors (Lipinski definition) is 5. The molecule has 1 saturated carbocycles. The molecule has 9 heteroatoms. The number of hydrogen-bond donors (Lipinski definition) is 1. The molecular formula is C25H29ClN4O4. The maximum Gasteiger partial charge on any atom is 0.249 e. The van der Waals surface area contributed by atoms with Crippen LogP contribution in [0.2, 0.25) is 0 Å². The molecule has 2 amide bonds. The van der Waals surface area contributed by atoms with Gasteiger partial charge in [-0.3, -0.25) is 14.4 Å². The molecule has 1 aromatic heterocycles. The van der Waals surface area contributed by atoms with Crippen LogP contribution in [0.15, 0.2) is 30.6 Å². The van der Waals surface area contributed by atoms with Crippen LogP contribution in [-0.4, -0.2) is 62.7 Å². The van der Waals surface area contributed by atoms with Gasteiger partial charge in [-0.1, -0.05) is 25.3 Å². The van der Waals surface area contributed by atoms with Crippen LogP contribution in [0.1, 0.15) is 59.8 Å². The van der Waals surface area contributed by atoms with E-state index in [1.54, 1.807) is 23.2 Å². The lowest BCUT2D eigenvalue weighted by molar-refractivity contribution is -0.139. The summed E-state index contributed by atoms with van der Waals surface area (Å²) in [5, 5.41) is -0.450. The summed E-state index contributed by atoms with van der Waals surface area (Å²) >= 11 is 6.51. The summed E-state index contributed by atoms with van der Waals surface area (Å²) < 4.78 is 7.49. The zero-order valence-corrected chi connectivity index (χ0v) is 19.9. The minimum Gasteiger partial charge on any atom is -0.366 e. The molecule has 3 fully saturated rings. The number of likely N-dealkylation sites (tertiary alicyclic amines) is 1. The average Bonchev–Trinajstić information content (AvgIpc) is 3.52. The first-order valence-corrected chi connectivity index (χ1v) is 12.3. The molecule has 5 rings (SSSR count). The van der Waals surface area contributed by atoms with Crippen LogP contribution < -0.4 is 5.73 Å². The molecule has 180 valence electrons. The number of carbonyl (C=O) groups excluding carboxylic acids is 3. The topological polar surface area (TPSA) is 108 Å². The number of aryl methyl sites for hydroxylation is 1. The Kier molecular flexibility index (Phi) is 6.20. The molecule has 1 aromatic carbocycles. The Morgan fingerprint density at radius 3 is 2.68 bits per heavy atom. The minimum absolute atomic E-state index is 0.0228. The number of amides is 2. The van der Waals surface area contributed by atoms with Crippen LogP contribution in [0, 0.1) is 12.8 Å². The number of Topliss-reactive ketones (excluding diaryl/α,β-unsaturated/α-hetero) is 1. The van der Waals surface area contributed by atoms with Gasteiger partial charge in [-0.2, -0.15) is 0 Å². The second-order valence-electron chi connectivity index (χ2n) is 9.52. The predicted octanol–water partition coefficient (Wildman–Crippen LogP) is 2.73. The van der Waals surface area contributed by atoms with Gasteiger partial charge in [-0.25, -0.2) is 4.98 Å². The zero-order valence-electron chi connectivity index (χ0n) is 19.2. The number of nitrogens with zero attached hydrogens (tertiary/aromatic N) is 3. The number of aromatic nitrogens is 2. The van der Waals surface area contributed by atoms with Gasteiger partial charge >= 0.3 is 0 Å². The van der Waals surface area contributed by atoms with Crippen LogP contribution in [0.5, 0.6) is 0 Å². The number of fused-ring (bicyclic) bond motifs is 1. The Balaban J connectivity index is 1.67. The molecule has 2 saturated heterocycles. The molecule has 34 heavy (non-hydrogen) atoms. The molecule has 0 spiro atoms. The standard InChI is InChI=1S/C25H29ClN4O4/c1-14-28-10-11-29(14)18-9-5-8-16(24(27)32)21(18)20(15-6-3-2-4-7-15)25(33)30-12-17(26)23-22(30)19(31)13-34-23/h5,8-11,15,17,20,22-23H,2-4,6-7,12-13H2,1H3,(H2,27,32)/t17-,20-,22+,23+/m0/s1. The molecule has 0 bridgehead atoms. The van der Waals surface area contributed by atoms with Crippen molar-refractivity contribution >= 4 is 29.2 Å². The third-order valence-electron chi connectivity index (χ3n) is 7.54. The van der Waals surface area contributed by atoms with Crippen molar-refractivity contribution in [3.63, 3.8) is 0 Å². The molecule has 2 N–H and O–H groups in total. The van der Waals surface area contributed by atoms with Crippen molar-refractivity contribution in [1.29, 1.82) is 0 Å². The number of alkyl halides is 1. The van der Waals surface area contributed by atoms with E-state index in [-0.39, 0.29) is 30.8 Å². The van der Waals surface area contributed by atoms with Crippen molar-refractivity contribution < 1.29 is 19.1 Å². The smallest absolute Gasteiger partial charge is 0.249 e. The van der Waals surface area contributed by atoms with E-state index in [9.17, 15) is 14.4 Å². The van der Waals surface area contributed by atoms with Gasteiger partial charge in [-0.05, 0) is 37.8 Å². The SMILES string of the molecule is Cc1nccn1-c1cccc(C(N)=O)c1[C@@H](C(=O)N1C[C@H](Cl)[C@H]2OCC(=O)[C@H]21)C1CCCCC1. The molecule has 2 aromatic rings. The average molecular weight is 485 g/mol. The molecule has 0 radical (unpaired) electrons. The van der Waals surface area contributed by atoms with Gasteiger partial charge < -0.3 is 19.9 Å². The van der Waals surface area contributed by atoms with Crippen molar-refractivity contribution in [3.8, 4) is 5.69 Å². The number of benzene rings is 1. The summed E-state index contributed by atoms with van der Waals surface area (Å²) in [5.41, 5.74) is 7.48. The lowest BCUT2D eigenvalue weighted by atomic mass is 9.74. The van der Waals surface area contributed by atoms with Gasteiger partial charge in [0.2, 0.25) is 11.8 Å². The molecule has 8 nitrogen and oxygen atoms in total. The Morgan fingerprint density at radius 2 is 2.00 bits per heavy atom. The third-order valence-corrected chi connectivity index (χ3v) is 7.92. The van der Waals surface area contributed by atoms with Gasteiger partial charge in [0.1, 0.15) is 24.6 Å². The number of primary amides is 1. The molecule has 3 aliphatic rings. The molecule has 1 aliphatic carbocycles. The van der Waals surface area contributed by atoms with Crippen LogP contribution in [0.4, 0.5) is 0 Å². The van der Waals surface area contributed by atoms with Gasteiger partial charge in [0.05, 0.1) is 17.0 Å². The van der Waals surface area contributed by atoms with E-state index < -0.39 is 29.3 Å². The van der Waals surface area contributed by atoms with E-state index in [2.05, 4.69) is 4.98 Å². The lowest BCUT2D eigenvalue weighted by Gasteiger charge is -2.35. The van der Waals surface area contributed by atoms with E-state index in [0.29, 0.717) is 16.8 Å². The highest BCUT2D eigenvalue weighted by Gasteiger charge is 2.53. The Morgan fingerprint density at radius 1 is 1.24 bits per heavy atom. The van der Waals surface area contributed by atoms with Gasteiger partial charge in [0, 0.05) is 30.1 Å². The Hall–Kier alpha value is -2.71. The quantitative estimate of drug-likeness (QED) is 0.656. The van der Waals surface area contributed by atoms with Crippen molar-refractivity contribution in [2.45, 2.75) is 62.5 Å². The summed E-state index contributed by atoms with van der Waals surface area (Å²) in [5.74, 6) is -0.766. The maximum absolute atomic E-state index is 14.3. The van der Waals surface area contributed by atoms with E-state index >= 15 is 0 Å². The Labute approximate surface area is 203 Å². The van der Waals surface area contributed by atoms with Crippen molar-refractivity contribution in [2.75, 3.05) is 13.2 Å². The first-order valence-electron chi connectivity index (χ1n) is 11.9. The van der Waals surface area contributed by atoms with Crippen LogP contribution in [-0.2, 0) is 14.3 Å². The number of halogens is 1. The number of ketones is 1. The second-order valence-corrected chi connectivity index (χ2v) is 10.1. The number of nitrogens with two attached hydrogens (primary N) is 1. The highest BCUT2D eigenvalue weighted by atomic mass is 35.5. The van der Waals surface area contributed by atoms with Crippen LogP contribution in [0.25, 0.3) is 5.69 Å². The molecule has 2 aliphatic heterocycles. The fourth-order valence-corrected chi connectivity index (χ4v) is 6.33. The van der Waals surface area contributed by atoms with Gasteiger partial charge in [0.15, 0.2) is 5.78 Å². The third kappa shape index (κ3) is 3.82. The molecule has 0 unspecified atom stereocenters. The Bertz CT molecular complexity index is 1130. The summed E-state index contributed by atoms with van der Waals surface area (Å²) in [6.07, 6.45) is 7.88. The summed E-state index contributed by atoms with van der Waals surface area (Å²) in [4.78, 5) is 45.6. The molecular weight excluding hydrogens is 456 g/mol. The highest BCUT2D eigenvalue weighted by Crippen LogP contribution is 2.43. The van der Waals surface area contributed by atoms with E-state index in [0.717, 1.165) is 37.9 Å². The minimum atomic E-state index is -0.680. The first-order chi connectivity index (χ1) is 16.4. The molecule has 4 atom stereocenters. The first kappa shape index (κ1) is 23.1. The van der Waals surface area contributed by atoms with Gasteiger partial charge in [0.25, 0.3) is 0 Å². The van der Waals surface area contributed by atoms with Crippen LogP contribution >= 0.6 is 11.6 Å². The largest absolute Gasteiger partial charge is 0.366 e. The maximum atomic E-state index is 14.3. The van der Waals surface area contributed by atoms with E-state index in [1.807, 2.05) is 23.8 Å². The monoisotopic (exact) mass is 484 g/mol. The summed E-state index contributed by atoms with van der Waals surface area (Å²) in [7, 11) is 0. The van der Waals surface area contributed by atoms with Crippen molar-refractivity contribution in [1.82, 2.24) is 14.5 Å². The summed E-state index contributed by atoms with van der Waals surface area (Å²) in [6.45, 7) is 2.08. The number of ether oxygens (including phenoxy) is 1. The number of imidazole rings is 1. The van der Waals surface area contributed by atoms with Crippen LogP contribution in [0.3, 0.4) is 0 Å². The van der Waals surface area contributed by atoms with E-state index in [4.69, 9.17) is 22.1 Å². The predicted molar refractivity (Wildman–Crippen MR) is 126 cm³/mol. The normalized spacial score (nSPS) is 26.0.